The molecule has 100 valence electrons. The highest BCUT2D eigenvalue weighted by molar-refractivity contribution is 6.22. The third-order valence-electron chi connectivity index (χ3n) is 4.13. The van der Waals surface area contributed by atoms with E-state index in [1.54, 1.807) is 0 Å². The molecule has 4 nitrogen and oxygen atoms in total. The average molecular weight is 273 g/mol. The minimum Gasteiger partial charge on any atom is -0.354 e. The number of hydrogen-bond acceptors (Lipinski definition) is 1. The lowest BCUT2D eigenvalue weighted by Crippen LogP contribution is -2.05. The average Bonchev–Trinajstić information content (AvgIpc) is 3.04. The van der Waals surface area contributed by atoms with Crippen molar-refractivity contribution in [3.8, 4) is 0 Å². The fourth-order valence-corrected chi connectivity index (χ4v) is 3.24. The Morgan fingerprint density at radius 1 is 0.667 bits per heavy atom. The molecule has 21 heavy (non-hydrogen) atoms. The first kappa shape index (κ1) is 10.7. The quantitative estimate of drug-likeness (QED) is 0.396. The van der Waals surface area contributed by atoms with Gasteiger partial charge in [-0.25, -0.2) is 0 Å². The smallest absolute Gasteiger partial charge is 0.259 e. The van der Waals surface area contributed by atoms with Gasteiger partial charge in [-0.2, -0.15) is 0 Å². The van der Waals surface area contributed by atoms with Gasteiger partial charge < -0.3 is 15.0 Å². The standard InChI is InChI=1S/C17H11N3O/c21-17-14-10-6-2-3-7-11(10)18-15(14)13-9-5-1-4-8-12(9)19-16(13)20-17/h1-8,18H,(H2,19,20,21). The van der Waals surface area contributed by atoms with Crippen molar-refractivity contribution in [2.45, 2.75) is 0 Å². The third-order valence-corrected chi connectivity index (χ3v) is 4.13. The van der Waals surface area contributed by atoms with Crippen LogP contribution in [0.5, 0.6) is 0 Å². The molecule has 5 rings (SSSR count). The fraction of sp³-hybridized carbons (Fsp3) is 0. The summed E-state index contributed by atoms with van der Waals surface area (Å²) in [7, 11) is 0. The summed E-state index contributed by atoms with van der Waals surface area (Å²) in [5.41, 5.74) is 3.60. The molecule has 0 amide bonds. The van der Waals surface area contributed by atoms with Gasteiger partial charge in [-0.1, -0.05) is 36.4 Å². The molecule has 0 aliphatic carbocycles. The van der Waals surface area contributed by atoms with E-state index in [1.165, 1.54) is 0 Å². The highest BCUT2D eigenvalue weighted by atomic mass is 16.1. The molecule has 3 N–H and O–H groups in total. The van der Waals surface area contributed by atoms with E-state index in [9.17, 15) is 4.79 Å². The van der Waals surface area contributed by atoms with Crippen molar-refractivity contribution in [3.63, 3.8) is 0 Å². The molecule has 0 atom stereocenters. The summed E-state index contributed by atoms with van der Waals surface area (Å²) in [6, 6.07) is 16.0. The van der Waals surface area contributed by atoms with Crippen LogP contribution in [-0.2, 0) is 0 Å². The third kappa shape index (κ3) is 1.26. The number of H-pyrrole nitrogens is 3. The van der Waals surface area contributed by atoms with Crippen molar-refractivity contribution >= 4 is 43.7 Å². The molecule has 5 aromatic rings. The first-order valence-corrected chi connectivity index (χ1v) is 6.86. The summed E-state index contributed by atoms with van der Waals surface area (Å²) in [6.45, 7) is 0. The Labute approximate surface area is 118 Å². The lowest BCUT2D eigenvalue weighted by atomic mass is 10.1. The zero-order valence-electron chi connectivity index (χ0n) is 11.0. The number of nitrogens with one attached hydrogen (secondary N) is 3. The van der Waals surface area contributed by atoms with Crippen LogP contribution in [0.25, 0.3) is 43.7 Å². The maximum absolute atomic E-state index is 12.4. The summed E-state index contributed by atoms with van der Waals surface area (Å²) in [5.74, 6) is 0. The molecule has 0 bridgehead atoms. The molecular formula is C17H11N3O. The van der Waals surface area contributed by atoms with Crippen LogP contribution in [-0.4, -0.2) is 15.0 Å². The van der Waals surface area contributed by atoms with Crippen LogP contribution in [0.15, 0.2) is 53.3 Å². The van der Waals surface area contributed by atoms with Crippen molar-refractivity contribution in [1.82, 2.24) is 15.0 Å². The summed E-state index contributed by atoms with van der Waals surface area (Å²) in [4.78, 5) is 22.1. The van der Waals surface area contributed by atoms with Gasteiger partial charge in [-0.3, -0.25) is 4.79 Å². The largest absolute Gasteiger partial charge is 0.354 e. The van der Waals surface area contributed by atoms with Crippen LogP contribution in [0.1, 0.15) is 0 Å². The predicted octanol–water partition coefficient (Wildman–Crippen LogP) is 3.64. The van der Waals surface area contributed by atoms with E-state index in [2.05, 4.69) is 21.0 Å². The lowest BCUT2D eigenvalue weighted by molar-refractivity contribution is 1.30. The zero-order valence-corrected chi connectivity index (χ0v) is 11.0. The van der Waals surface area contributed by atoms with Crippen molar-refractivity contribution in [3.05, 3.63) is 58.9 Å². The normalized spacial score (nSPS) is 12.0. The molecule has 4 heteroatoms. The molecule has 0 radical (unpaired) electrons. The molecule has 3 aromatic heterocycles. The molecule has 3 heterocycles. The molecule has 2 aromatic carbocycles. The van der Waals surface area contributed by atoms with Crippen molar-refractivity contribution < 1.29 is 0 Å². The summed E-state index contributed by atoms with van der Waals surface area (Å²) < 4.78 is 0. The fourth-order valence-electron chi connectivity index (χ4n) is 3.24. The number of rotatable bonds is 0. The molecule has 0 aliphatic rings. The van der Waals surface area contributed by atoms with Gasteiger partial charge in [0.15, 0.2) is 0 Å². The topological polar surface area (TPSA) is 64.4 Å². The Balaban J connectivity index is 2.20. The number of aromatic nitrogens is 3. The minimum atomic E-state index is -0.0680. The molecule has 0 spiro atoms. The van der Waals surface area contributed by atoms with Crippen LogP contribution >= 0.6 is 0 Å². The van der Waals surface area contributed by atoms with E-state index in [0.717, 1.165) is 43.7 Å². The number of aromatic amines is 3. The molecule has 0 unspecified atom stereocenters. The second-order valence-corrected chi connectivity index (χ2v) is 5.30. The predicted molar refractivity (Wildman–Crippen MR) is 85.8 cm³/mol. The van der Waals surface area contributed by atoms with Crippen molar-refractivity contribution in [2.24, 2.45) is 0 Å². The highest BCUT2D eigenvalue weighted by Crippen LogP contribution is 2.32. The van der Waals surface area contributed by atoms with Gasteiger partial charge in [0.1, 0.15) is 5.65 Å². The number of para-hydroxylation sites is 2. The number of pyridine rings is 1. The van der Waals surface area contributed by atoms with Gasteiger partial charge >= 0.3 is 0 Å². The van der Waals surface area contributed by atoms with E-state index in [1.807, 2.05) is 42.5 Å². The number of benzene rings is 2. The number of fused-ring (bicyclic) bond motifs is 7. The minimum absolute atomic E-state index is 0.0680. The number of hydrogen-bond donors (Lipinski definition) is 3. The Morgan fingerprint density at radius 3 is 2.05 bits per heavy atom. The summed E-state index contributed by atoms with van der Waals surface area (Å²) in [5, 5.41) is 3.83. The molecule has 0 fully saturated rings. The van der Waals surface area contributed by atoms with Crippen LogP contribution in [0.2, 0.25) is 0 Å². The van der Waals surface area contributed by atoms with E-state index < -0.39 is 0 Å². The molecular weight excluding hydrogens is 262 g/mol. The zero-order chi connectivity index (χ0) is 14.0. The van der Waals surface area contributed by atoms with Gasteiger partial charge in [0.2, 0.25) is 0 Å². The Morgan fingerprint density at radius 2 is 1.29 bits per heavy atom. The Kier molecular flexibility index (Phi) is 1.81. The second-order valence-electron chi connectivity index (χ2n) is 5.30. The first-order valence-electron chi connectivity index (χ1n) is 6.86. The van der Waals surface area contributed by atoms with E-state index >= 15 is 0 Å². The monoisotopic (exact) mass is 273 g/mol. The van der Waals surface area contributed by atoms with Crippen molar-refractivity contribution in [1.29, 1.82) is 0 Å². The first-order chi connectivity index (χ1) is 10.3. The second kappa shape index (κ2) is 3.55. The molecule has 0 aliphatic heterocycles. The Bertz CT molecular complexity index is 1210. The maximum Gasteiger partial charge on any atom is 0.259 e. The summed E-state index contributed by atoms with van der Waals surface area (Å²) in [6.07, 6.45) is 0. The van der Waals surface area contributed by atoms with Crippen molar-refractivity contribution in [2.75, 3.05) is 0 Å². The van der Waals surface area contributed by atoms with Gasteiger partial charge in [-0.15, -0.1) is 0 Å². The van der Waals surface area contributed by atoms with Crippen LogP contribution in [0, 0.1) is 0 Å². The van der Waals surface area contributed by atoms with Crippen LogP contribution < -0.4 is 5.56 Å². The van der Waals surface area contributed by atoms with E-state index in [4.69, 9.17) is 0 Å². The van der Waals surface area contributed by atoms with Crippen LogP contribution in [0.3, 0.4) is 0 Å². The van der Waals surface area contributed by atoms with E-state index in [-0.39, 0.29) is 5.56 Å². The lowest BCUT2D eigenvalue weighted by Gasteiger charge is -1.94. The maximum atomic E-state index is 12.4. The molecule has 0 saturated carbocycles. The SMILES string of the molecule is O=c1[nH]c2[nH]c3ccccc3c2c2[nH]c3ccccc3c12. The highest BCUT2D eigenvalue weighted by Gasteiger charge is 2.14. The van der Waals surface area contributed by atoms with Gasteiger partial charge in [0, 0.05) is 27.2 Å². The van der Waals surface area contributed by atoms with Gasteiger partial charge in [0.25, 0.3) is 5.56 Å². The molecule has 0 saturated heterocycles. The van der Waals surface area contributed by atoms with E-state index in [0.29, 0.717) is 0 Å². The summed E-state index contributed by atoms with van der Waals surface area (Å²) >= 11 is 0. The van der Waals surface area contributed by atoms with Gasteiger partial charge in [0.05, 0.1) is 10.9 Å². The van der Waals surface area contributed by atoms with Gasteiger partial charge in [-0.05, 0) is 12.1 Å². The van der Waals surface area contributed by atoms with Crippen LogP contribution in [0.4, 0.5) is 0 Å². The Hall–Kier alpha value is -3.01.